The smallest absolute Gasteiger partial charge is 0.298 e. The minimum absolute atomic E-state index is 0.109. The lowest BCUT2D eigenvalue weighted by molar-refractivity contribution is -0.113. The molecule has 3 heteroatoms. The van der Waals surface area contributed by atoms with E-state index in [9.17, 15) is 9.18 Å². The maximum Gasteiger partial charge on any atom is 0.303 e. The van der Waals surface area contributed by atoms with Crippen LogP contribution in [-0.4, -0.2) is 11.9 Å². The molecule has 0 N–H and O–H groups in total. The Kier molecular flexibility index (Phi) is 3.45. The lowest BCUT2D eigenvalue weighted by atomic mass is 10.1. The van der Waals surface area contributed by atoms with E-state index in [-0.39, 0.29) is 17.8 Å². The Bertz CT molecular complexity index is 740. The van der Waals surface area contributed by atoms with Crippen LogP contribution in [0.1, 0.15) is 18.1 Å². The normalized spacial score (nSPS) is 16.1. The summed E-state index contributed by atoms with van der Waals surface area (Å²) in [4.78, 5) is 14.1. The molecule has 1 heterocycles. The number of hydrogen-bond acceptors (Lipinski definition) is 1. The summed E-state index contributed by atoms with van der Waals surface area (Å²) in [6.45, 7) is 2.01. The van der Waals surface area contributed by atoms with Crippen molar-refractivity contribution in [3.05, 3.63) is 65.5 Å². The maximum atomic E-state index is 12.8. The van der Waals surface area contributed by atoms with Crippen LogP contribution in [0.5, 0.6) is 0 Å². The summed E-state index contributed by atoms with van der Waals surface area (Å²) in [6, 6.07) is 13.8. The van der Waals surface area contributed by atoms with Gasteiger partial charge in [-0.1, -0.05) is 24.1 Å². The molecule has 21 heavy (non-hydrogen) atoms. The molecule has 1 aliphatic rings. The quantitative estimate of drug-likeness (QED) is 0.678. The third-order valence-corrected chi connectivity index (χ3v) is 3.58. The summed E-state index contributed by atoms with van der Waals surface area (Å²) in [5.41, 5.74) is 2.73. The van der Waals surface area contributed by atoms with Crippen molar-refractivity contribution in [1.82, 2.24) is 0 Å². The number of carbonyl (C=O) groups is 1. The number of carbonyl (C=O) groups excluding carboxylic acids is 1. The monoisotopic (exact) mass is 279 g/mol. The first-order valence-corrected chi connectivity index (χ1v) is 6.84. The molecule has 0 fully saturated rings. The first kappa shape index (κ1) is 13.4. The highest BCUT2D eigenvalue weighted by molar-refractivity contribution is 6.07. The largest absolute Gasteiger partial charge is 0.303 e. The molecule has 0 aliphatic carbocycles. The molecule has 1 unspecified atom stereocenters. The van der Waals surface area contributed by atoms with Crippen LogP contribution < -0.4 is 4.90 Å². The zero-order valence-corrected chi connectivity index (χ0v) is 11.6. The van der Waals surface area contributed by atoms with E-state index in [4.69, 9.17) is 0 Å². The number of rotatable bonds is 0. The molecule has 1 amide bonds. The van der Waals surface area contributed by atoms with Crippen molar-refractivity contribution in [3.63, 3.8) is 0 Å². The van der Waals surface area contributed by atoms with Crippen LogP contribution in [0, 0.1) is 17.7 Å². The van der Waals surface area contributed by atoms with Gasteiger partial charge in [0.15, 0.2) is 0 Å². The molecular weight excluding hydrogens is 265 g/mol. The fraction of sp³-hybridized carbons (Fsp3) is 0.167. The van der Waals surface area contributed by atoms with E-state index < -0.39 is 0 Å². The molecule has 1 aliphatic heterocycles. The van der Waals surface area contributed by atoms with Crippen LogP contribution in [-0.2, 0) is 11.2 Å². The third-order valence-electron chi connectivity index (χ3n) is 3.58. The summed E-state index contributed by atoms with van der Waals surface area (Å²) < 4.78 is 12.8. The fourth-order valence-electron chi connectivity index (χ4n) is 2.59. The van der Waals surface area contributed by atoms with Gasteiger partial charge in [-0.25, -0.2) is 4.39 Å². The van der Waals surface area contributed by atoms with E-state index in [2.05, 4.69) is 11.8 Å². The number of fused-ring (bicyclic) bond motifs is 1. The number of hydrogen-bond donors (Lipinski definition) is 0. The highest BCUT2D eigenvalue weighted by Gasteiger charge is 2.29. The maximum absolute atomic E-state index is 12.8. The first-order valence-electron chi connectivity index (χ1n) is 6.84. The summed E-state index contributed by atoms with van der Waals surface area (Å²) in [5.74, 6) is 4.90. The number of nitrogens with zero attached hydrogens (tertiary/aromatic N) is 1. The molecule has 0 aromatic heterocycles. The van der Waals surface area contributed by atoms with E-state index >= 15 is 0 Å². The van der Waals surface area contributed by atoms with E-state index in [1.807, 2.05) is 31.2 Å². The average Bonchev–Trinajstić information content (AvgIpc) is 2.82. The van der Waals surface area contributed by atoms with E-state index in [1.165, 1.54) is 17.7 Å². The van der Waals surface area contributed by atoms with Gasteiger partial charge in [-0.15, -0.1) is 0 Å². The Balaban J connectivity index is 1.85. The molecule has 2 nitrogen and oxygen atoms in total. The number of para-hydroxylation sites is 1. The van der Waals surface area contributed by atoms with Gasteiger partial charge in [0.05, 0.1) is 0 Å². The van der Waals surface area contributed by atoms with Crippen molar-refractivity contribution < 1.29 is 9.18 Å². The summed E-state index contributed by atoms with van der Waals surface area (Å²) in [6.07, 6.45) is 0.847. The summed E-state index contributed by atoms with van der Waals surface area (Å²) in [7, 11) is 0. The van der Waals surface area contributed by atoms with Gasteiger partial charge >= 0.3 is 5.91 Å². The molecular formula is C18H14FNO. The van der Waals surface area contributed by atoms with Crippen molar-refractivity contribution in [2.24, 2.45) is 0 Å². The van der Waals surface area contributed by atoms with E-state index in [1.54, 1.807) is 17.0 Å². The fourth-order valence-corrected chi connectivity index (χ4v) is 2.59. The lowest BCUT2D eigenvalue weighted by Gasteiger charge is -2.19. The molecule has 2 aromatic carbocycles. The number of amides is 1. The Hall–Kier alpha value is -2.60. The Morgan fingerprint density at radius 3 is 2.67 bits per heavy atom. The predicted molar refractivity (Wildman–Crippen MR) is 80.4 cm³/mol. The average molecular weight is 279 g/mol. The van der Waals surface area contributed by atoms with Crippen LogP contribution in [0.3, 0.4) is 0 Å². The topological polar surface area (TPSA) is 20.3 Å². The second kappa shape index (κ2) is 5.41. The van der Waals surface area contributed by atoms with Crippen LogP contribution in [0.2, 0.25) is 0 Å². The minimum Gasteiger partial charge on any atom is -0.298 e. The third kappa shape index (κ3) is 2.66. The minimum atomic E-state index is -0.311. The Morgan fingerprint density at radius 2 is 1.90 bits per heavy atom. The number of benzene rings is 2. The van der Waals surface area contributed by atoms with Gasteiger partial charge < -0.3 is 0 Å². The molecule has 104 valence electrons. The summed E-state index contributed by atoms with van der Waals surface area (Å²) >= 11 is 0. The van der Waals surface area contributed by atoms with Crippen molar-refractivity contribution in [3.8, 4) is 11.8 Å². The molecule has 1 atom stereocenters. The summed E-state index contributed by atoms with van der Waals surface area (Å²) in [5, 5.41) is 0. The van der Waals surface area contributed by atoms with Gasteiger partial charge in [0.1, 0.15) is 5.82 Å². The highest BCUT2D eigenvalue weighted by Crippen LogP contribution is 2.31. The Morgan fingerprint density at radius 1 is 1.19 bits per heavy atom. The zero-order chi connectivity index (χ0) is 14.8. The molecule has 0 saturated heterocycles. The van der Waals surface area contributed by atoms with Crippen LogP contribution in [0.4, 0.5) is 10.1 Å². The van der Waals surface area contributed by atoms with Gasteiger partial charge in [-0.2, -0.15) is 0 Å². The van der Waals surface area contributed by atoms with Gasteiger partial charge in [0.25, 0.3) is 0 Å². The van der Waals surface area contributed by atoms with E-state index in [0.717, 1.165) is 12.1 Å². The van der Waals surface area contributed by atoms with Crippen molar-refractivity contribution in [1.29, 1.82) is 0 Å². The second-order valence-electron chi connectivity index (χ2n) is 5.11. The predicted octanol–water partition coefficient (Wildman–Crippen LogP) is 3.16. The zero-order valence-electron chi connectivity index (χ0n) is 11.6. The lowest BCUT2D eigenvalue weighted by Crippen LogP contribution is -2.34. The molecule has 0 spiro atoms. The second-order valence-corrected chi connectivity index (χ2v) is 5.11. The van der Waals surface area contributed by atoms with Crippen molar-refractivity contribution in [2.75, 3.05) is 4.90 Å². The van der Waals surface area contributed by atoms with Gasteiger partial charge in [-0.3, -0.25) is 9.69 Å². The van der Waals surface area contributed by atoms with Gasteiger partial charge in [-0.05, 0) is 49.2 Å². The molecule has 0 bridgehead atoms. The van der Waals surface area contributed by atoms with Gasteiger partial charge in [0, 0.05) is 23.2 Å². The van der Waals surface area contributed by atoms with Gasteiger partial charge in [0.2, 0.25) is 0 Å². The highest BCUT2D eigenvalue weighted by atomic mass is 19.1. The van der Waals surface area contributed by atoms with Crippen LogP contribution >= 0.6 is 0 Å². The molecule has 0 radical (unpaired) electrons. The molecule has 0 saturated carbocycles. The number of halogens is 1. The van der Waals surface area contributed by atoms with E-state index in [0.29, 0.717) is 5.56 Å². The van der Waals surface area contributed by atoms with Crippen molar-refractivity contribution in [2.45, 2.75) is 19.4 Å². The first-order chi connectivity index (χ1) is 10.1. The molecule has 2 aromatic rings. The standard InChI is InChI=1S/C18H14FNO/c1-13-12-15-4-2-3-5-17(15)20(13)18(21)11-8-14-6-9-16(19)10-7-14/h2-7,9-10,13H,12H2,1H3. The number of anilines is 1. The SMILES string of the molecule is CC1Cc2ccccc2N1C(=O)C#Cc1ccc(F)cc1. The molecule has 3 rings (SSSR count). The van der Waals surface area contributed by atoms with Crippen molar-refractivity contribution >= 4 is 11.6 Å². The Labute approximate surface area is 123 Å². The van der Waals surface area contributed by atoms with Crippen LogP contribution in [0.15, 0.2) is 48.5 Å². The van der Waals surface area contributed by atoms with Crippen LogP contribution in [0.25, 0.3) is 0 Å².